The molecule has 0 unspecified atom stereocenters. The minimum atomic E-state index is 0.0379. The second-order valence-electron chi connectivity index (χ2n) is 6.14. The van der Waals surface area contributed by atoms with Crippen LogP contribution in [-0.4, -0.2) is 60.5 Å². The van der Waals surface area contributed by atoms with Crippen molar-refractivity contribution in [2.45, 2.75) is 6.92 Å². The summed E-state index contributed by atoms with van der Waals surface area (Å²) in [5, 5.41) is 3.28. The maximum absolute atomic E-state index is 12.7. The molecule has 3 rings (SSSR count). The molecular weight excluding hydrogens is 316 g/mol. The second-order valence-corrected chi connectivity index (χ2v) is 6.14. The Bertz CT molecular complexity index is 710. The fourth-order valence-corrected chi connectivity index (χ4v) is 2.79. The molecule has 0 aliphatic carbocycles. The van der Waals surface area contributed by atoms with E-state index in [1.165, 1.54) is 0 Å². The van der Waals surface area contributed by atoms with Gasteiger partial charge in [-0.25, -0.2) is 0 Å². The van der Waals surface area contributed by atoms with Crippen LogP contribution in [0.2, 0.25) is 0 Å². The number of pyridine rings is 1. The average molecular weight is 340 g/mol. The molecule has 1 N–H and O–H groups in total. The quantitative estimate of drug-likeness (QED) is 0.907. The minimum Gasteiger partial charge on any atom is -0.494 e. The van der Waals surface area contributed by atoms with E-state index in [1.807, 2.05) is 42.2 Å². The van der Waals surface area contributed by atoms with Gasteiger partial charge in [-0.1, -0.05) is 0 Å². The van der Waals surface area contributed by atoms with Crippen LogP contribution in [0, 0.1) is 0 Å². The number of carbonyl (C=O) groups excluding carboxylic acids is 1. The summed E-state index contributed by atoms with van der Waals surface area (Å²) in [7, 11) is 2.07. The summed E-state index contributed by atoms with van der Waals surface area (Å²) in [6, 6.07) is 9.57. The fraction of sp³-hybridized carbons (Fsp3) is 0.368. The Morgan fingerprint density at radius 2 is 1.84 bits per heavy atom. The molecule has 0 bridgehead atoms. The molecule has 132 valence electrons. The summed E-state index contributed by atoms with van der Waals surface area (Å²) in [6.45, 7) is 5.93. The highest BCUT2D eigenvalue weighted by molar-refractivity contribution is 5.95. The van der Waals surface area contributed by atoms with Crippen molar-refractivity contribution in [1.29, 1.82) is 0 Å². The number of nitrogens with zero attached hydrogens (tertiary/aromatic N) is 3. The Morgan fingerprint density at radius 1 is 1.12 bits per heavy atom. The topological polar surface area (TPSA) is 57.7 Å². The zero-order valence-corrected chi connectivity index (χ0v) is 14.7. The molecule has 1 aliphatic heterocycles. The van der Waals surface area contributed by atoms with E-state index in [-0.39, 0.29) is 5.91 Å². The van der Waals surface area contributed by atoms with Crippen molar-refractivity contribution < 1.29 is 9.53 Å². The zero-order valence-electron chi connectivity index (χ0n) is 14.7. The molecule has 1 amide bonds. The Balaban J connectivity index is 1.67. The first-order chi connectivity index (χ1) is 12.2. The highest BCUT2D eigenvalue weighted by Gasteiger charge is 2.20. The summed E-state index contributed by atoms with van der Waals surface area (Å²) < 4.78 is 5.44. The van der Waals surface area contributed by atoms with Crippen LogP contribution in [0.25, 0.3) is 0 Å². The number of rotatable bonds is 5. The van der Waals surface area contributed by atoms with Crippen molar-refractivity contribution in [3.05, 3.63) is 48.3 Å². The molecule has 0 atom stereocenters. The molecule has 1 aromatic heterocycles. The lowest BCUT2D eigenvalue weighted by Crippen LogP contribution is -2.47. The van der Waals surface area contributed by atoms with Gasteiger partial charge in [-0.05, 0) is 44.3 Å². The van der Waals surface area contributed by atoms with Crippen LogP contribution in [0.1, 0.15) is 17.3 Å². The van der Waals surface area contributed by atoms with E-state index < -0.39 is 0 Å². The molecular formula is C19H24N4O2. The van der Waals surface area contributed by atoms with Crippen molar-refractivity contribution in [2.24, 2.45) is 0 Å². The zero-order chi connectivity index (χ0) is 17.6. The first kappa shape index (κ1) is 17.2. The number of benzene rings is 1. The number of hydrogen-bond donors (Lipinski definition) is 1. The van der Waals surface area contributed by atoms with E-state index in [2.05, 4.69) is 22.2 Å². The SMILES string of the molecule is CCOc1ccc(Nc2cncc(C(=O)N3CCN(C)CC3)c2)cc1. The van der Waals surface area contributed by atoms with E-state index in [0.717, 1.165) is 43.3 Å². The Hall–Kier alpha value is -2.60. The Kier molecular flexibility index (Phi) is 5.50. The van der Waals surface area contributed by atoms with Crippen molar-refractivity contribution in [1.82, 2.24) is 14.8 Å². The van der Waals surface area contributed by atoms with Crippen molar-refractivity contribution >= 4 is 17.3 Å². The van der Waals surface area contributed by atoms with E-state index in [4.69, 9.17) is 4.74 Å². The Labute approximate surface area is 148 Å². The van der Waals surface area contributed by atoms with E-state index in [1.54, 1.807) is 12.4 Å². The third-order valence-electron chi connectivity index (χ3n) is 4.23. The summed E-state index contributed by atoms with van der Waals surface area (Å²) in [5.74, 6) is 0.876. The fourth-order valence-electron chi connectivity index (χ4n) is 2.79. The van der Waals surface area contributed by atoms with Crippen LogP contribution in [0.3, 0.4) is 0 Å². The van der Waals surface area contributed by atoms with Gasteiger partial charge in [-0.2, -0.15) is 0 Å². The smallest absolute Gasteiger partial charge is 0.255 e. The average Bonchev–Trinajstić information content (AvgIpc) is 2.64. The maximum Gasteiger partial charge on any atom is 0.255 e. The van der Waals surface area contributed by atoms with Crippen LogP contribution in [-0.2, 0) is 0 Å². The lowest BCUT2D eigenvalue weighted by Gasteiger charge is -2.32. The van der Waals surface area contributed by atoms with E-state index in [0.29, 0.717) is 12.2 Å². The van der Waals surface area contributed by atoms with Crippen molar-refractivity contribution in [3.63, 3.8) is 0 Å². The lowest BCUT2D eigenvalue weighted by atomic mass is 10.2. The number of anilines is 2. The highest BCUT2D eigenvalue weighted by Crippen LogP contribution is 2.21. The van der Waals surface area contributed by atoms with Gasteiger partial charge in [0, 0.05) is 38.1 Å². The number of aromatic nitrogens is 1. The van der Waals surface area contributed by atoms with Gasteiger partial charge >= 0.3 is 0 Å². The molecule has 6 heteroatoms. The standard InChI is InChI=1S/C19H24N4O2/c1-3-25-18-6-4-16(5-7-18)21-17-12-15(13-20-14-17)19(24)23-10-8-22(2)9-11-23/h4-7,12-14,21H,3,8-11H2,1-2H3. The van der Waals surface area contributed by atoms with Gasteiger partial charge in [0.2, 0.25) is 0 Å². The monoisotopic (exact) mass is 340 g/mol. The molecule has 1 fully saturated rings. The van der Waals surface area contributed by atoms with Gasteiger partial charge in [0.15, 0.2) is 0 Å². The highest BCUT2D eigenvalue weighted by atomic mass is 16.5. The van der Waals surface area contributed by atoms with Crippen LogP contribution >= 0.6 is 0 Å². The molecule has 0 spiro atoms. The lowest BCUT2D eigenvalue weighted by molar-refractivity contribution is 0.0663. The number of ether oxygens (including phenoxy) is 1. The number of amides is 1. The third-order valence-corrected chi connectivity index (χ3v) is 4.23. The first-order valence-corrected chi connectivity index (χ1v) is 8.58. The van der Waals surface area contributed by atoms with Gasteiger partial charge in [-0.3, -0.25) is 9.78 Å². The molecule has 0 saturated carbocycles. The number of piperazine rings is 1. The van der Waals surface area contributed by atoms with E-state index >= 15 is 0 Å². The molecule has 25 heavy (non-hydrogen) atoms. The molecule has 6 nitrogen and oxygen atoms in total. The predicted octanol–water partition coefficient (Wildman–Crippen LogP) is 2.61. The summed E-state index contributed by atoms with van der Waals surface area (Å²) in [5.41, 5.74) is 2.33. The van der Waals surface area contributed by atoms with Gasteiger partial charge in [0.05, 0.1) is 24.1 Å². The second kappa shape index (κ2) is 7.98. The van der Waals surface area contributed by atoms with Gasteiger partial charge in [0.25, 0.3) is 5.91 Å². The van der Waals surface area contributed by atoms with Gasteiger partial charge < -0.3 is 19.9 Å². The normalized spacial score (nSPS) is 15.0. The van der Waals surface area contributed by atoms with Gasteiger partial charge in [-0.15, -0.1) is 0 Å². The Morgan fingerprint density at radius 3 is 2.52 bits per heavy atom. The van der Waals surface area contributed by atoms with E-state index in [9.17, 15) is 4.79 Å². The van der Waals surface area contributed by atoms with Gasteiger partial charge in [0.1, 0.15) is 5.75 Å². The molecule has 2 heterocycles. The molecule has 2 aromatic rings. The van der Waals surface area contributed by atoms with Crippen LogP contribution in [0.15, 0.2) is 42.7 Å². The number of nitrogens with one attached hydrogen (secondary N) is 1. The minimum absolute atomic E-state index is 0.0379. The van der Waals surface area contributed by atoms with Crippen molar-refractivity contribution in [2.75, 3.05) is 45.2 Å². The summed E-state index contributed by atoms with van der Waals surface area (Å²) >= 11 is 0. The maximum atomic E-state index is 12.7. The molecule has 1 aliphatic rings. The molecule has 0 radical (unpaired) electrons. The predicted molar refractivity (Wildman–Crippen MR) is 98.5 cm³/mol. The summed E-state index contributed by atoms with van der Waals surface area (Å²) in [6.07, 6.45) is 3.35. The molecule has 1 aromatic carbocycles. The number of carbonyl (C=O) groups is 1. The van der Waals surface area contributed by atoms with Crippen LogP contribution in [0.5, 0.6) is 5.75 Å². The number of likely N-dealkylation sites (N-methyl/N-ethyl adjacent to an activating group) is 1. The van der Waals surface area contributed by atoms with Crippen LogP contribution < -0.4 is 10.1 Å². The van der Waals surface area contributed by atoms with Crippen molar-refractivity contribution in [3.8, 4) is 5.75 Å². The first-order valence-electron chi connectivity index (χ1n) is 8.58. The van der Waals surface area contributed by atoms with Crippen LogP contribution in [0.4, 0.5) is 11.4 Å². The number of hydrogen-bond acceptors (Lipinski definition) is 5. The summed E-state index contributed by atoms with van der Waals surface area (Å²) in [4.78, 5) is 21.0. The molecule has 1 saturated heterocycles. The largest absolute Gasteiger partial charge is 0.494 e. The third kappa shape index (κ3) is 4.48.